The molecule has 13 heavy (non-hydrogen) atoms. The van der Waals surface area contributed by atoms with Gasteiger partial charge in [0, 0.05) is 5.75 Å². The Morgan fingerprint density at radius 2 is 2.00 bits per heavy atom. The van der Waals surface area contributed by atoms with Crippen LogP contribution in [0.25, 0.3) is 0 Å². The Morgan fingerprint density at radius 3 is 2.31 bits per heavy atom. The number of hydrogen-bond donors (Lipinski definition) is 2. The summed E-state index contributed by atoms with van der Waals surface area (Å²) in [5, 5.41) is 17.5. The summed E-state index contributed by atoms with van der Waals surface area (Å²) in [6.07, 6.45) is 0.864. The van der Waals surface area contributed by atoms with Crippen LogP contribution in [0.4, 0.5) is 0 Å². The van der Waals surface area contributed by atoms with E-state index >= 15 is 0 Å². The van der Waals surface area contributed by atoms with Gasteiger partial charge in [0.15, 0.2) is 9.84 Å². The molecule has 4 nitrogen and oxygen atoms in total. The molecule has 1 aliphatic carbocycles. The molecule has 1 rings (SSSR count). The lowest BCUT2D eigenvalue weighted by atomic mass is 10.2. The van der Waals surface area contributed by atoms with Crippen LogP contribution in [0.1, 0.15) is 19.8 Å². The largest absolute Gasteiger partial charge is 0.395 e. The van der Waals surface area contributed by atoms with Crippen LogP contribution in [0.5, 0.6) is 0 Å². The number of aliphatic hydroxyl groups excluding tert-OH is 2. The number of hydrogen-bond acceptors (Lipinski definition) is 4. The van der Waals surface area contributed by atoms with Gasteiger partial charge in [-0.1, -0.05) is 6.92 Å². The highest BCUT2D eigenvalue weighted by atomic mass is 32.2. The maximum atomic E-state index is 11.4. The summed E-state index contributed by atoms with van der Waals surface area (Å²) in [5.74, 6) is 0.0561. The van der Waals surface area contributed by atoms with E-state index in [-0.39, 0.29) is 11.7 Å². The van der Waals surface area contributed by atoms with Crippen LogP contribution in [0.2, 0.25) is 0 Å². The van der Waals surface area contributed by atoms with Gasteiger partial charge in [-0.25, -0.2) is 8.42 Å². The van der Waals surface area contributed by atoms with Crippen LogP contribution in [-0.2, 0) is 9.84 Å². The van der Waals surface area contributed by atoms with Crippen molar-refractivity contribution in [1.29, 1.82) is 0 Å². The molecule has 0 saturated heterocycles. The highest BCUT2D eigenvalue weighted by molar-refractivity contribution is 7.92. The summed E-state index contributed by atoms with van der Waals surface area (Å²) < 4.78 is 22.8. The number of aliphatic hydroxyl groups is 2. The molecule has 0 bridgehead atoms. The Hall–Kier alpha value is -0.130. The van der Waals surface area contributed by atoms with Crippen LogP contribution in [0, 0.1) is 5.92 Å². The van der Waals surface area contributed by atoms with Crippen molar-refractivity contribution in [3.8, 4) is 0 Å². The van der Waals surface area contributed by atoms with Crippen molar-refractivity contribution in [2.45, 2.75) is 31.1 Å². The zero-order chi connectivity index (χ0) is 10.1. The lowest BCUT2D eigenvalue weighted by Crippen LogP contribution is -2.39. The lowest BCUT2D eigenvalue weighted by Gasteiger charge is -2.19. The number of rotatable bonds is 5. The van der Waals surface area contributed by atoms with E-state index in [0.29, 0.717) is 0 Å². The van der Waals surface area contributed by atoms with E-state index in [9.17, 15) is 13.5 Å². The van der Waals surface area contributed by atoms with Crippen LogP contribution in [0.3, 0.4) is 0 Å². The second-order valence-corrected chi connectivity index (χ2v) is 6.01. The first-order valence-corrected chi connectivity index (χ1v) is 6.25. The first-order chi connectivity index (χ1) is 6.03. The van der Waals surface area contributed by atoms with E-state index in [2.05, 4.69) is 0 Å². The van der Waals surface area contributed by atoms with Crippen molar-refractivity contribution in [1.82, 2.24) is 0 Å². The standard InChI is InChI=1S/C8H16O4S/c1-2-13(11,12)7(5-9)8(10)6-3-4-6/h6-10H,2-5H2,1H3. The molecule has 0 aromatic rings. The minimum absolute atomic E-state index is 0.0258. The zero-order valence-corrected chi connectivity index (χ0v) is 8.50. The van der Waals surface area contributed by atoms with Crippen LogP contribution >= 0.6 is 0 Å². The Labute approximate surface area is 78.5 Å². The van der Waals surface area contributed by atoms with E-state index in [1.807, 2.05) is 0 Å². The van der Waals surface area contributed by atoms with Gasteiger partial charge in [-0.05, 0) is 18.8 Å². The predicted octanol–water partition coefficient (Wildman–Crippen LogP) is -0.447. The Morgan fingerprint density at radius 1 is 1.46 bits per heavy atom. The molecule has 0 aromatic carbocycles. The molecule has 0 heterocycles. The Balaban J connectivity index is 2.71. The molecule has 0 aromatic heterocycles. The minimum Gasteiger partial charge on any atom is -0.395 e. The molecule has 2 N–H and O–H groups in total. The summed E-state index contributed by atoms with van der Waals surface area (Å²) >= 11 is 0. The Kier molecular flexibility index (Phi) is 3.32. The van der Waals surface area contributed by atoms with E-state index in [1.165, 1.54) is 6.92 Å². The summed E-state index contributed by atoms with van der Waals surface area (Å²) in [6.45, 7) is 1.05. The van der Waals surface area contributed by atoms with Crippen molar-refractivity contribution in [2.75, 3.05) is 12.4 Å². The first-order valence-electron chi connectivity index (χ1n) is 4.53. The van der Waals surface area contributed by atoms with Crippen LogP contribution in [-0.4, -0.2) is 42.3 Å². The van der Waals surface area contributed by atoms with Gasteiger partial charge in [0.25, 0.3) is 0 Å². The molecule has 1 saturated carbocycles. The monoisotopic (exact) mass is 208 g/mol. The summed E-state index contributed by atoms with van der Waals surface area (Å²) in [4.78, 5) is 0. The fourth-order valence-corrected chi connectivity index (χ4v) is 2.69. The van der Waals surface area contributed by atoms with Gasteiger partial charge >= 0.3 is 0 Å². The van der Waals surface area contributed by atoms with Crippen molar-refractivity contribution < 1.29 is 18.6 Å². The van der Waals surface area contributed by atoms with Crippen LogP contribution in [0.15, 0.2) is 0 Å². The highest BCUT2D eigenvalue weighted by Gasteiger charge is 2.40. The van der Waals surface area contributed by atoms with Crippen molar-refractivity contribution >= 4 is 9.84 Å². The van der Waals surface area contributed by atoms with E-state index in [0.717, 1.165) is 12.8 Å². The van der Waals surface area contributed by atoms with Gasteiger partial charge in [-0.3, -0.25) is 0 Å². The average molecular weight is 208 g/mol. The molecule has 1 aliphatic rings. The van der Waals surface area contributed by atoms with Gasteiger partial charge < -0.3 is 10.2 Å². The SMILES string of the molecule is CCS(=O)(=O)C(CO)C(O)C1CC1. The fourth-order valence-electron chi connectivity index (χ4n) is 1.39. The molecule has 0 aliphatic heterocycles. The van der Waals surface area contributed by atoms with Crippen molar-refractivity contribution in [2.24, 2.45) is 5.92 Å². The zero-order valence-electron chi connectivity index (χ0n) is 7.68. The van der Waals surface area contributed by atoms with E-state index in [1.54, 1.807) is 0 Å². The van der Waals surface area contributed by atoms with Gasteiger partial charge in [-0.15, -0.1) is 0 Å². The minimum atomic E-state index is -3.31. The lowest BCUT2D eigenvalue weighted by molar-refractivity contribution is 0.117. The average Bonchev–Trinajstić information content (AvgIpc) is 2.87. The van der Waals surface area contributed by atoms with Crippen molar-refractivity contribution in [3.63, 3.8) is 0 Å². The molecule has 78 valence electrons. The van der Waals surface area contributed by atoms with Crippen LogP contribution < -0.4 is 0 Å². The van der Waals surface area contributed by atoms with E-state index in [4.69, 9.17) is 5.11 Å². The molecule has 1 fully saturated rings. The number of sulfone groups is 1. The third-order valence-corrected chi connectivity index (χ3v) is 4.68. The normalized spacial score (nSPS) is 22.7. The van der Waals surface area contributed by atoms with Gasteiger partial charge in [0.1, 0.15) is 5.25 Å². The maximum Gasteiger partial charge on any atom is 0.157 e. The quantitative estimate of drug-likeness (QED) is 0.642. The molecular weight excluding hydrogens is 192 g/mol. The second kappa shape index (κ2) is 3.94. The Bertz CT molecular complexity index is 255. The summed E-state index contributed by atoms with van der Waals surface area (Å²) in [6, 6.07) is 0. The van der Waals surface area contributed by atoms with Gasteiger partial charge in [-0.2, -0.15) is 0 Å². The highest BCUT2D eigenvalue weighted by Crippen LogP contribution is 2.35. The van der Waals surface area contributed by atoms with Gasteiger partial charge in [0.05, 0.1) is 12.7 Å². The van der Waals surface area contributed by atoms with Crippen molar-refractivity contribution in [3.05, 3.63) is 0 Å². The second-order valence-electron chi connectivity index (χ2n) is 3.50. The molecular formula is C8H16O4S. The predicted molar refractivity (Wildman–Crippen MR) is 49.1 cm³/mol. The summed E-state index contributed by atoms with van der Waals surface area (Å²) in [7, 11) is -3.31. The summed E-state index contributed by atoms with van der Waals surface area (Å²) in [5.41, 5.74) is 0. The molecule has 0 radical (unpaired) electrons. The molecule has 0 spiro atoms. The third-order valence-electron chi connectivity index (χ3n) is 2.53. The molecule has 2 unspecified atom stereocenters. The van der Waals surface area contributed by atoms with E-state index < -0.39 is 27.8 Å². The first kappa shape index (κ1) is 10.9. The fraction of sp³-hybridized carbons (Fsp3) is 1.00. The topological polar surface area (TPSA) is 74.6 Å². The maximum absolute atomic E-state index is 11.4. The molecule has 5 heteroatoms. The smallest absolute Gasteiger partial charge is 0.157 e. The van der Waals surface area contributed by atoms with Gasteiger partial charge in [0.2, 0.25) is 0 Å². The third kappa shape index (κ3) is 2.42. The molecule has 2 atom stereocenters. The molecule has 0 amide bonds.